The number of amides is 1. The Morgan fingerprint density at radius 1 is 1.09 bits per heavy atom. The number of nitrogens with one attached hydrogen (secondary N) is 2. The highest BCUT2D eigenvalue weighted by atomic mass is 32.2. The first-order valence-electron chi connectivity index (χ1n) is 15.1. The van der Waals surface area contributed by atoms with E-state index in [1.165, 1.54) is 22.5 Å². The second-order valence-corrected chi connectivity index (χ2v) is 17.4. The molecule has 254 valence electrons. The summed E-state index contributed by atoms with van der Waals surface area (Å²) >= 11 is 1.49. The van der Waals surface area contributed by atoms with E-state index in [1.807, 2.05) is 42.7 Å². The van der Waals surface area contributed by atoms with Gasteiger partial charge in [0.1, 0.15) is 12.3 Å². The normalized spacial score (nSPS) is 18.7. The van der Waals surface area contributed by atoms with Crippen LogP contribution in [0.5, 0.6) is 0 Å². The number of H-pyrrole nitrogens is 1. The fraction of sp³-hybridized carbons (Fsp3) is 0.424. The topological polar surface area (TPSA) is 112 Å². The fourth-order valence-electron chi connectivity index (χ4n) is 5.83. The van der Waals surface area contributed by atoms with Crippen LogP contribution in [0.1, 0.15) is 45.4 Å². The van der Waals surface area contributed by atoms with Crippen LogP contribution in [-0.4, -0.2) is 67.5 Å². The Morgan fingerprint density at radius 2 is 1.68 bits per heavy atom. The lowest BCUT2D eigenvalue weighted by molar-refractivity contribution is -0.173. The second-order valence-electron chi connectivity index (χ2n) is 12.3. The van der Waals surface area contributed by atoms with Crippen molar-refractivity contribution >= 4 is 41.9 Å². The summed E-state index contributed by atoms with van der Waals surface area (Å²) in [5.41, 5.74) is -1.34. The van der Waals surface area contributed by atoms with Gasteiger partial charge in [0.05, 0.1) is 24.2 Å². The summed E-state index contributed by atoms with van der Waals surface area (Å²) in [7, 11) is -2.92. The van der Waals surface area contributed by atoms with Gasteiger partial charge in [-0.2, -0.15) is 13.2 Å². The molecule has 47 heavy (non-hydrogen) atoms. The van der Waals surface area contributed by atoms with E-state index in [4.69, 9.17) is 13.9 Å². The van der Waals surface area contributed by atoms with Crippen LogP contribution in [0.25, 0.3) is 5.57 Å². The molecule has 1 aliphatic heterocycles. The number of carbonyl (C=O) groups excluding carboxylic acids is 1. The number of nitrogens with zero attached hydrogens (tertiary/aromatic N) is 1. The highest BCUT2D eigenvalue weighted by Crippen LogP contribution is 2.38. The second kappa shape index (κ2) is 15.2. The third-order valence-electron chi connectivity index (χ3n) is 8.09. The minimum absolute atomic E-state index is 0.0111. The number of hydrogen-bond acceptors (Lipinski definition) is 7. The highest BCUT2D eigenvalue weighted by Gasteiger charge is 2.51. The van der Waals surface area contributed by atoms with Crippen molar-refractivity contribution in [1.29, 1.82) is 0 Å². The van der Waals surface area contributed by atoms with Crippen LogP contribution in [0, 0.1) is 0 Å². The molecule has 4 rings (SSSR count). The monoisotopic (exact) mass is 691 g/mol. The van der Waals surface area contributed by atoms with E-state index in [2.05, 4.69) is 56.6 Å². The summed E-state index contributed by atoms with van der Waals surface area (Å²) in [6.45, 7) is 10.1. The number of halogens is 3. The number of aromatic amines is 1. The lowest BCUT2D eigenvalue weighted by Crippen LogP contribution is -2.67. The number of thioether (sulfide) groups is 1. The quantitative estimate of drug-likeness (QED) is 0.204. The predicted octanol–water partition coefficient (Wildman–Crippen LogP) is 4.19. The zero-order valence-electron chi connectivity index (χ0n) is 26.8. The van der Waals surface area contributed by atoms with Gasteiger partial charge in [-0.05, 0) is 33.7 Å². The zero-order valence-corrected chi connectivity index (χ0v) is 28.6. The molecule has 0 saturated carbocycles. The van der Waals surface area contributed by atoms with E-state index >= 15 is 0 Å². The largest absolute Gasteiger partial charge is 0.471 e. The lowest BCUT2D eigenvalue weighted by atomic mass is 10.1. The van der Waals surface area contributed by atoms with Gasteiger partial charge < -0.3 is 19.2 Å². The molecular formula is C33H40F3N3O6SSi. The Kier molecular flexibility index (Phi) is 11.8. The van der Waals surface area contributed by atoms with Crippen LogP contribution in [-0.2, 0) is 18.7 Å². The maximum absolute atomic E-state index is 13.0. The predicted molar refractivity (Wildman–Crippen MR) is 179 cm³/mol. The summed E-state index contributed by atoms with van der Waals surface area (Å²) in [4.78, 5) is 39.1. The van der Waals surface area contributed by atoms with Gasteiger partial charge in [-0.1, -0.05) is 88.0 Å². The highest BCUT2D eigenvalue weighted by molar-refractivity contribution is 7.98. The number of benzene rings is 2. The summed E-state index contributed by atoms with van der Waals surface area (Å²) in [6.07, 6.45) is -3.57. The molecule has 0 aliphatic carbocycles. The van der Waals surface area contributed by atoms with Gasteiger partial charge in [0.15, 0.2) is 0 Å². The minimum atomic E-state index is -5.03. The molecule has 1 fully saturated rings. The molecule has 3 atom stereocenters. The third kappa shape index (κ3) is 8.35. The average Bonchev–Trinajstić information content (AvgIpc) is 3.42. The van der Waals surface area contributed by atoms with E-state index in [-0.39, 0.29) is 35.6 Å². The maximum atomic E-state index is 13.0. The molecule has 1 amide bonds. The van der Waals surface area contributed by atoms with Crippen LogP contribution in [0.3, 0.4) is 0 Å². The molecule has 1 saturated heterocycles. The standard InChI is InChI=1S/C33H40F3N3O6SSi/c1-22(16-17-37-30(41)33(34,35)36)25-19-39(31(42)38-29(25)40)28-18-26(43-21-46-5)27(45-28)20-44-47(32(2,3)4,23-12-8-6-9-13-23)24-14-10-7-11-15-24/h6-15,19,26-28H,1,16-18,20-21H2,2-5H3,(H,37,41)(H,38,40,42)/t26?,27-,28-/m1/s1. The smallest absolute Gasteiger partial charge is 0.405 e. The average molecular weight is 692 g/mol. The van der Waals surface area contributed by atoms with Crippen molar-refractivity contribution in [2.24, 2.45) is 0 Å². The van der Waals surface area contributed by atoms with Crippen molar-refractivity contribution in [3.8, 4) is 0 Å². The van der Waals surface area contributed by atoms with E-state index in [0.29, 0.717) is 5.94 Å². The van der Waals surface area contributed by atoms with Crippen molar-refractivity contribution in [3.63, 3.8) is 0 Å². The van der Waals surface area contributed by atoms with Crippen molar-refractivity contribution in [1.82, 2.24) is 14.9 Å². The van der Waals surface area contributed by atoms with Crippen LogP contribution in [0.4, 0.5) is 13.2 Å². The molecule has 3 aromatic rings. The van der Waals surface area contributed by atoms with Crippen LogP contribution in [0.15, 0.2) is 83.0 Å². The molecule has 0 spiro atoms. The van der Waals surface area contributed by atoms with Crippen molar-refractivity contribution < 1.29 is 31.9 Å². The zero-order chi connectivity index (χ0) is 34.4. The molecule has 14 heteroatoms. The molecule has 2 heterocycles. The van der Waals surface area contributed by atoms with Crippen LogP contribution >= 0.6 is 11.8 Å². The maximum Gasteiger partial charge on any atom is 0.471 e. The summed E-state index contributed by atoms with van der Waals surface area (Å²) in [5.74, 6) is -1.71. The van der Waals surface area contributed by atoms with Gasteiger partial charge in [0.2, 0.25) is 0 Å². The van der Waals surface area contributed by atoms with Crippen molar-refractivity contribution in [3.05, 3.63) is 99.8 Å². The van der Waals surface area contributed by atoms with E-state index < -0.39 is 56.6 Å². The van der Waals surface area contributed by atoms with E-state index in [9.17, 15) is 27.6 Å². The van der Waals surface area contributed by atoms with Crippen LogP contribution in [0.2, 0.25) is 5.04 Å². The Morgan fingerprint density at radius 3 is 2.21 bits per heavy atom. The summed E-state index contributed by atoms with van der Waals surface area (Å²) in [5, 5.41) is 3.67. The van der Waals surface area contributed by atoms with Gasteiger partial charge in [-0.25, -0.2) is 4.79 Å². The number of carbonyl (C=O) groups is 1. The molecule has 2 N–H and O–H groups in total. The van der Waals surface area contributed by atoms with Crippen molar-refractivity contribution in [2.45, 2.75) is 63.3 Å². The Hall–Kier alpha value is -3.43. The van der Waals surface area contributed by atoms with Gasteiger partial charge in [-0.15, -0.1) is 11.8 Å². The summed E-state index contributed by atoms with van der Waals surface area (Å²) < 4.78 is 58.6. The number of alkyl halides is 3. The molecular weight excluding hydrogens is 652 g/mol. The molecule has 0 radical (unpaired) electrons. The molecule has 2 aromatic carbocycles. The Bertz CT molecular complexity index is 1600. The van der Waals surface area contributed by atoms with Gasteiger partial charge in [0.25, 0.3) is 13.9 Å². The Balaban J connectivity index is 1.61. The first kappa shape index (κ1) is 36.4. The molecule has 0 bridgehead atoms. The first-order valence-corrected chi connectivity index (χ1v) is 18.4. The number of aromatic nitrogens is 2. The third-order valence-corrected chi connectivity index (χ3v) is 13.5. The molecule has 9 nitrogen and oxygen atoms in total. The molecule has 1 unspecified atom stereocenters. The summed E-state index contributed by atoms with van der Waals surface area (Å²) in [6, 6.07) is 20.3. The first-order chi connectivity index (χ1) is 22.2. The Labute approximate surface area is 276 Å². The SMILES string of the molecule is C=C(CCNC(=O)C(F)(F)F)c1cn([C@H]2CC(OCSC)[C@@H](CO[Si](c3ccccc3)(c3ccccc3)C(C)(C)C)O2)c(=O)[nH]c1=O. The minimum Gasteiger partial charge on any atom is -0.405 e. The number of rotatable bonds is 13. The number of ether oxygens (including phenoxy) is 2. The van der Waals surface area contributed by atoms with Crippen LogP contribution < -0.4 is 26.9 Å². The molecule has 1 aromatic heterocycles. The van der Waals surface area contributed by atoms with E-state index in [1.54, 1.807) is 5.32 Å². The van der Waals surface area contributed by atoms with Crippen molar-refractivity contribution in [2.75, 3.05) is 25.3 Å². The molecule has 1 aliphatic rings. The van der Waals surface area contributed by atoms with Gasteiger partial charge in [0, 0.05) is 19.2 Å². The van der Waals surface area contributed by atoms with E-state index in [0.717, 1.165) is 10.4 Å². The van der Waals surface area contributed by atoms with Gasteiger partial charge >= 0.3 is 17.8 Å². The number of hydrogen-bond donors (Lipinski definition) is 2. The van der Waals surface area contributed by atoms with Gasteiger partial charge in [-0.3, -0.25) is 19.1 Å². The fourth-order valence-corrected chi connectivity index (χ4v) is 10.7. The lowest BCUT2D eigenvalue weighted by Gasteiger charge is -2.43.